The zero-order valence-corrected chi connectivity index (χ0v) is 11.3. The van der Waals surface area contributed by atoms with Gasteiger partial charge < -0.3 is 5.73 Å². The summed E-state index contributed by atoms with van der Waals surface area (Å²) in [5, 5.41) is 0. The lowest BCUT2D eigenvalue weighted by Crippen LogP contribution is -2.07. The Labute approximate surface area is 114 Å². The topological polar surface area (TPSA) is 26.0 Å². The maximum absolute atomic E-state index is 13.7. The zero-order valence-electron chi connectivity index (χ0n) is 11.3. The molecule has 0 aromatic heterocycles. The Bertz CT molecular complexity index is 519. The summed E-state index contributed by atoms with van der Waals surface area (Å²) in [4.78, 5) is 0. The van der Waals surface area contributed by atoms with Gasteiger partial charge in [-0.25, -0.2) is 4.39 Å². The highest BCUT2D eigenvalue weighted by molar-refractivity contribution is 5.64. The van der Waals surface area contributed by atoms with E-state index in [4.69, 9.17) is 5.73 Å². The molecule has 0 aliphatic heterocycles. The summed E-state index contributed by atoms with van der Waals surface area (Å²) in [6, 6.07) is 15.0. The summed E-state index contributed by atoms with van der Waals surface area (Å²) in [5.41, 5.74) is 8.42. The van der Waals surface area contributed by atoms with Crippen LogP contribution in [0.2, 0.25) is 0 Å². The molecule has 0 bridgehead atoms. The van der Waals surface area contributed by atoms with Gasteiger partial charge in [0.1, 0.15) is 5.82 Å². The van der Waals surface area contributed by atoms with Gasteiger partial charge in [-0.15, -0.1) is 0 Å². The van der Waals surface area contributed by atoms with E-state index in [1.807, 2.05) is 18.2 Å². The smallest absolute Gasteiger partial charge is 0.131 e. The molecule has 19 heavy (non-hydrogen) atoms. The number of benzene rings is 2. The maximum atomic E-state index is 13.7. The SMILES string of the molecule is CC(CCN)Cc1ccc(-c2ccccc2F)cc1. The van der Waals surface area contributed by atoms with E-state index in [0.717, 1.165) is 24.9 Å². The van der Waals surface area contributed by atoms with E-state index in [9.17, 15) is 4.39 Å². The lowest BCUT2D eigenvalue weighted by atomic mass is 9.96. The number of halogens is 1. The van der Waals surface area contributed by atoms with Crippen LogP contribution in [-0.4, -0.2) is 6.54 Å². The van der Waals surface area contributed by atoms with Crippen LogP contribution in [0.3, 0.4) is 0 Å². The lowest BCUT2D eigenvalue weighted by Gasteiger charge is -2.10. The Balaban J connectivity index is 2.13. The zero-order chi connectivity index (χ0) is 13.7. The fourth-order valence-corrected chi connectivity index (χ4v) is 2.30. The summed E-state index contributed by atoms with van der Waals surface area (Å²) in [6.45, 7) is 2.94. The van der Waals surface area contributed by atoms with Gasteiger partial charge in [0.05, 0.1) is 0 Å². The van der Waals surface area contributed by atoms with Crippen LogP contribution in [0.4, 0.5) is 4.39 Å². The molecule has 1 atom stereocenters. The second kappa shape index (κ2) is 6.48. The summed E-state index contributed by atoms with van der Waals surface area (Å²) in [6.07, 6.45) is 2.06. The van der Waals surface area contributed by atoms with Crippen LogP contribution in [0.25, 0.3) is 11.1 Å². The van der Waals surface area contributed by atoms with Gasteiger partial charge in [0.15, 0.2) is 0 Å². The molecule has 2 rings (SSSR count). The van der Waals surface area contributed by atoms with Crippen molar-refractivity contribution in [2.24, 2.45) is 11.7 Å². The molecule has 2 aromatic rings. The molecule has 2 heteroatoms. The fraction of sp³-hybridized carbons (Fsp3) is 0.294. The van der Waals surface area contributed by atoms with Gasteiger partial charge in [-0.2, -0.15) is 0 Å². The monoisotopic (exact) mass is 257 g/mol. The Kier molecular flexibility index (Phi) is 4.69. The van der Waals surface area contributed by atoms with Crippen LogP contribution in [0.5, 0.6) is 0 Å². The number of hydrogen-bond acceptors (Lipinski definition) is 1. The first-order chi connectivity index (χ1) is 9.20. The van der Waals surface area contributed by atoms with E-state index in [2.05, 4.69) is 19.1 Å². The van der Waals surface area contributed by atoms with Gasteiger partial charge in [0, 0.05) is 5.56 Å². The molecule has 0 amide bonds. The van der Waals surface area contributed by atoms with Crippen molar-refractivity contribution >= 4 is 0 Å². The first kappa shape index (κ1) is 13.8. The van der Waals surface area contributed by atoms with Crippen LogP contribution >= 0.6 is 0 Å². The van der Waals surface area contributed by atoms with Crippen molar-refractivity contribution in [1.29, 1.82) is 0 Å². The van der Waals surface area contributed by atoms with Crippen molar-refractivity contribution in [3.63, 3.8) is 0 Å². The molecule has 0 radical (unpaired) electrons. The predicted octanol–water partition coefficient (Wildman–Crippen LogP) is 4.02. The molecule has 0 aliphatic carbocycles. The largest absolute Gasteiger partial charge is 0.330 e. The fourth-order valence-electron chi connectivity index (χ4n) is 2.30. The molecule has 0 fully saturated rings. The van der Waals surface area contributed by atoms with Crippen molar-refractivity contribution in [2.45, 2.75) is 19.8 Å². The molecule has 0 saturated heterocycles. The van der Waals surface area contributed by atoms with Crippen LogP contribution in [0, 0.1) is 11.7 Å². The highest BCUT2D eigenvalue weighted by Crippen LogP contribution is 2.23. The molecular formula is C17H20FN. The number of nitrogens with two attached hydrogens (primary N) is 1. The third kappa shape index (κ3) is 3.65. The molecule has 100 valence electrons. The molecule has 2 aromatic carbocycles. The van der Waals surface area contributed by atoms with E-state index in [0.29, 0.717) is 11.5 Å². The Hall–Kier alpha value is -1.67. The number of rotatable bonds is 5. The molecule has 0 saturated carbocycles. The van der Waals surface area contributed by atoms with E-state index in [-0.39, 0.29) is 5.82 Å². The minimum Gasteiger partial charge on any atom is -0.330 e. The summed E-state index contributed by atoms with van der Waals surface area (Å²) in [7, 11) is 0. The van der Waals surface area contributed by atoms with Gasteiger partial charge in [0.25, 0.3) is 0 Å². The lowest BCUT2D eigenvalue weighted by molar-refractivity contribution is 0.538. The first-order valence-corrected chi connectivity index (χ1v) is 6.74. The first-order valence-electron chi connectivity index (χ1n) is 6.74. The third-order valence-electron chi connectivity index (χ3n) is 3.38. The molecule has 0 aliphatic rings. The van der Waals surface area contributed by atoms with Gasteiger partial charge >= 0.3 is 0 Å². The Morgan fingerprint density at radius 1 is 1.05 bits per heavy atom. The van der Waals surface area contributed by atoms with Crippen molar-refractivity contribution in [2.75, 3.05) is 6.54 Å². The second-order valence-corrected chi connectivity index (χ2v) is 5.06. The van der Waals surface area contributed by atoms with Crippen molar-refractivity contribution in [3.05, 3.63) is 59.9 Å². The summed E-state index contributed by atoms with van der Waals surface area (Å²) < 4.78 is 13.7. The minimum atomic E-state index is -0.174. The normalized spacial score (nSPS) is 12.4. The number of hydrogen-bond donors (Lipinski definition) is 1. The highest BCUT2D eigenvalue weighted by Gasteiger charge is 2.05. The summed E-state index contributed by atoms with van der Waals surface area (Å²) >= 11 is 0. The standard InChI is InChI=1S/C17H20FN/c1-13(10-11-19)12-14-6-8-15(9-7-14)16-4-2-3-5-17(16)18/h2-9,13H,10-12,19H2,1H3. The van der Waals surface area contributed by atoms with Gasteiger partial charge in [-0.05, 0) is 42.5 Å². The quantitative estimate of drug-likeness (QED) is 0.860. The Morgan fingerprint density at radius 3 is 2.37 bits per heavy atom. The summed E-state index contributed by atoms with van der Waals surface area (Å²) in [5.74, 6) is 0.413. The highest BCUT2D eigenvalue weighted by atomic mass is 19.1. The van der Waals surface area contributed by atoms with E-state index in [1.165, 1.54) is 11.6 Å². The van der Waals surface area contributed by atoms with Gasteiger partial charge in [-0.3, -0.25) is 0 Å². The molecular weight excluding hydrogens is 237 g/mol. The van der Waals surface area contributed by atoms with E-state index in [1.54, 1.807) is 12.1 Å². The molecule has 1 unspecified atom stereocenters. The molecule has 2 N–H and O–H groups in total. The van der Waals surface area contributed by atoms with E-state index < -0.39 is 0 Å². The van der Waals surface area contributed by atoms with Crippen molar-refractivity contribution in [3.8, 4) is 11.1 Å². The average Bonchev–Trinajstić information content (AvgIpc) is 2.41. The van der Waals surface area contributed by atoms with Gasteiger partial charge in [0.2, 0.25) is 0 Å². The second-order valence-electron chi connectivity index (χ2n) is 5.06. The van der Waals surface area contributed by atoms with Crippen LogP contribution in [0.1, 0.15) is 18.9 Å². The van der Waals surface area contributed by atoms with Crippen LogP contribution < -0.4 is 5.73 Å². The maximum Gasteiger partial charge on any atom is 0.131 e. The van der Waals surface area contributed by atoms with Crippen LogP contribution in [-0.2, 0) is 6.42 Å². The van der Waals surface area contributed by atoms with Gasteiger partial charge in [-0.1, -0.05) is 49.4 Å². The molecule has 0 spiro atoms. The average molecular weight is 257 g/mol. The van der Waals surface area contributed by atoms with Crippen LogP contribution in [0.15, 0.2) is 48.5 Å². The predicted molar refractivity (Wildman–Crippen MR) is 78.4 cm³/mol. The Morgan fingerprint density at radius 2 is 1.74 bits per heavy atom. The van der Waals surface area contributed by atoms with Crippen molar-refractivity contribution < 1.29 is 4.39 Å². The van der Waals surface area contributed by atoms with E-state index >= 15 is 0 Å². The molecule has 1 nitrogen and oxygen atoms in total. The molecule has 0 heterocycles. The third-order valence-corrected chi connectivity index (χ3v) is 3.38. The van der Waals surface area contributed by atoms with Crippen molar-refractivity contribution in [1.82, 2.24) is 0 Å². The minimum absolute atomic E-state index is 0.174.